The fourth-order valence-electron chi connectivity index (χ4n) is 1.23. The summed E-state index contributed by atoms with van der Waals surface area (Å²) in [5, 5.41) is 0. The largest absolute Gasteiger partial charge is 0.326 e. The van der Waals surface area contributed by atoms with Gasteiger partial charge in [0.1, 0.15) is 0 Å². The molecule has 0 aliphatic carbocycles. The molecule has 2 heterocycles. The highest BCUT2D eigenvalue weighted by molar-refractivity contribution is 5.38. The normalized spacial score (nSPS) is 10.2. The fourth-order valence-corrected chi connectivity index (χ4v) is 1.23. The Bertz CT molecular complexity index is 380. The molecule has 0 bridgehead atoms. The first-order valence-corrected chi connectivity index (χ1v) is 4.03. The van der Waals surface area contributed by atoms with Crippen molar-refractivity contribution in [2.45, 2.75) is 6.54 Å². The van der Waals surface area contributed by atoms with Gasteiger partial charge in [-0.15, -0.1) is 0 Å². The van der Waals surface area contributed by atoms with Crippen LogP contribution in [0.5, 0.6) is 0 Å². The molecule has 0 aliphatic rings. The van der Waals surface area contributed by atoms with Gasteiger partial charge in [-0.1, -0.05) is 0 Å². The van der Waals surface area contributed by atoms with E-state index in [1.807, 2.05) is 16.8 Å². The minimum absolute atomic E-state index is 0.487. The van der Waals surface area contributed by atoms with Gasteiger partial charge in [-0.2, -0.15) is 0 Å². The molecule has 0 spiro atoms. The molecule has 2 rings (SSSR count). The minimum Gasteiger partial charge on any atom is -0.326 e. The number of hydrogen-bond acceptors (Lipinski definition) is 3. The van der Waals surface area contributed by atoms with Crippen molar-refractivity contribution < 1.29 is 0 Å². The van der Waals surface area contributed by atoms with E-state index < -0.39 is 0 Å². The van der Waals surface area contributed by atoms with Crippen molar-refractivity contribution in [1.82, 2.24) is 14.5 Å². The van der Waals surface area contributed by atoms with Crippen LogP contribution in [0.1, 0.15) is 5.56 Å². The predicted octanol–water partition coefficient (Wildman–Crippen LogP) is 0.726. The van der Waals surface area contributed by atoms with Crippen LogP contribution >= 0.6 is 0 Å². The maximum atomic E-state index is 5.58. The van der Waals surface area contributed by atoms with Crippen molar-refractivity contribution in [3.05, 3.63) is 42.7 Å². The maximum absolute atomic E-state index is 5.58. The number of nitrogens with zero attached hydrogens (tertiary/aromatic N) is 3. The molecule has 13 heavy (non-hydrogen) atoms. The summed E-state index contributed by atoms with van der Waals surface area (Å²) in [4.78, 5) is 7.99. The third kappa shape index (κ3) is 1.43. The number of aromatic nitrogens is 3. The molecular weight excluding hydrogens is 164 g/mol. The average molecular weight is 174 g/mol. The summed E-state index contributed by atoms with van der Waals surface area (Å²) in [6.45, 7) is 0.487. The molecule has 4 nitrogen and oxygen atoms in total. The van der Waals surface area contributed by atoms with Gasteiger partial charge in [0.15, 0.2) is 0 Å². The smallest absolute Gasteiger partial charge is 0.0991 e. The molecule has 0 aliphatic heterocycles. The van der Waals surface area contributed by atoms with Gasteiger partial charge in [0.05, 0.1) is 12.0 Å². The van der Waals surface area contributed by atoms with Gasteiger partial charge in [-0.25, -0.2) is 4.98 Å². The molecule has 0 radical (unpaired) electrons. The Balaban J connectivity index is 2.51. The van der Waals surface area contributed by atoms with E-state index in [1.165, 1.54) is 0 Å². The van der Waals surface area contributed by atoms with Crippen LogP contribution in [0.4, 0.5) is 0 Å². The maximum Gasteiger partial charge on any atom is 0.0991 e. The molecular formula is C9H10N4. The second-order valence-corrected chi connectivity index (χ2v) is 2.68. The molecule has 2 N–H and O–H groups in total. The quantitative estimate of drug-likeness (QED) is 0.730. The molecule has 0 aromatic carbocycles. The Morgan fingerprint density at radius 3 is 2.92 bits per heavy atom. The molecule has 0 saturated heterocycles. The third-order valence-electron chi connectivity index (χ3n) is 1.88. The van der Waals surface area contributed by atoms with Gasteiger partial charge in [0.25, 0.3) is 0 Å². The van der Waals surface area contributed by atoms with Gasteiger partial charge < -0.3 is 10.3 Å². The second-order valence-electron chi connectivity index (χ2n) is 2.68. The van der Waals surface area contributed by atoms with E-state index in [0.29, 0.717) is 6.54 Å². The fraction of sp³-hybridized carbons (Fsp3) is 0.111. The lowest BCUT2D eigenvalue weighted by atomic mass is 10.2. The second kappa shape index (κ2) is 3.37. The van der Waals surface area contributed by atoms with E-state index >= 15 is 0 Å². The van der Waals surface area contributed by atoms with Crippen molar-refractivity contribution >= 4 is 0 Å². The summed E-state index contributed by atoms with van der Waals surface area (Å²) in [5.74, 6) is 0. The molecule has 0 fully saturated rings. The van der Waals surface area contributed by atoms with Crippen molar-refractivity contribution in [2.24, 2.45) is 5.73 Å². The average Bonchev–Trinajstić information content (AvgIpc) is 2.70. The summed E-state index contributed by atoms with van der Waals surface area (Å²) in [5.41, 5.74) is 7.63. The SMILES string of the molecule is NCc1cnccc1-n1ccnc1. The lowest BCUT2D eigenvalue weighted by molar-refractivity contribution is 0.967. The van der Waals surface area contributed by atoms with Crippen LogP contribution in [0.15, 0.2) is 37.2 Å². The molecule has 4 heteroatoms. The zero-order valence-electron chi connectivity index (χ0n) is 7.09. The van der Waals surface area contributed by atoms with Gasteiger partial charge in [0.2, 0.25) is 0 Å². The molecule has 2 aromatic heterocycles. The summed E-state index contributed by atoms with van der Waals surface area (Å²) in [7, 11) is 0. The topological polar surface area (TPSA) is 56.7 Å². The molecule has 66 valence electrons. The van der Waals surface area contributed by atoms with Crippen molar-refractivity contribution in [3.63, 3.8) is 0 Å². The zero-order valence-corrected chi connectivity index (χ0v) is 7.09. The third-order valence-corrected chi connectivity index (χ3v) is 1.88. The number of imidazole rings is 1. The highest BCUT2D eigenvalue weighted by Crippen LogP contribution is 2.11. The number of hydrogen-bond donors (Lipinski definition) is 1. The molecule has 0 amide bonds. The van der Waals surface area contributed by atoms with E-state index in [0.717, 1.165) is 11.3 Å². The number of rotatable bonds is 2. The molecule has 0 saturated carbocycles. The first-order chi connectivity index (χ1) is 6.42. The van der Waals surface area contributed by atoms with Crippen LogP contribution in [0, 0.1) is 0 Å². The van der Waals surface area contributed by atoms with Crippen LogP contribution in [-0.4, -0.2) is 14.5 Å². The van der Waals surface area contributed by atoms with Gasteiger partial charge >= 0.3 is 0 Å². The lowest BCUT2D eigenvalue weighted by Gasteiger charge is -2.06. The zero-order chi connectivity index (χ0) is 9.10. The van der Waals surface area contributed by atoms with E-state index in [2.05, 4.69) is 9.97 Å². The summed E-state index contributed by atoms with van der Waals surface area (Å²) >= 11 is 0. The van der Waals surface area contributed by atoms with Gasteiger partial charge in [0, 0.05) is 36.9 Å². The Morgan fingerprint density at radius 2 is 2.23 bits per heavy atom. The lowest BCUT2D eigenvalue weighted by Crippen LogP contribution is -2.03. The molecule has 2 aromatic rings. The van der Waals surface area contributed by atoms with Crippen LogP contribution < -0.4 is 5.73 Å². The Hall–Kier alpha value is -1.68. The number of pyridine rings is 1. The first-order valence-electron chi connectivity index (χ1n) is 4.03. The van der Waals surface area contributed by atoms with Crippen LogP contribution in [0.3, 0.4) is 0 Å². The highest BCUT2D eigenvalue weighted by atomic mass is 15.0. The van der Waals surface area contributed by atoms with Crippen LogP contribution in [0.25, 0.3) is 5.69 Å². The summed E-state index contributed by atoms with van der Waals surface area (Å²) in [6, 6.07) is 1.92. The minimum atomic E-state index is 0.487. The predicted molar refractivity (Wildman–Crippen MR) is 49.3 cm³/mol. The van der Waals surface area contributed by atoms with Crippen LogP contribution in [-0.2, 0) is 6.54 Å². The van der Waals surface area contributed by atoms with Gasteiger partial charge in [-0.3, -0.25) is 4.98 Å². The van der Waals surface area contributed by atoms with E-state index in [1.54, 1.807) is 24.9 Å². The monoisotopic (exact) mass is 174 g/mol. The Labute approximate surface area is 76.1 Å². The Morgan fingerprint density at radius 1 is 1.31 bits per heavy atom. The molecule has 0 unspecified atom stereocenters. The summed E-state index contributed by atoms with van der Waals surface area (Å²) < 4.78 is 1.92. The van der Waals surface area contributed by atoms with Crippen LogP contribution in [0.2, 0.25) is 0 Å². The van der Waals surface area contributed by atoms with E-state index in [9.17, 15) is 0 Å². The van der Waals surface area contributed by atoms with Crippen molar-refractivity contribution in [1.29, 1.82) is 0 Å². The van der Waals surface area contributed by atoms with Crippen molar-refractivity contribution in [3.8, 4) is 5.69 Å². The van der Waals surface area contributed by atoms with Crippen molar-refractivity contribution in [2.75, 3.05) is 0 Å². The van der Waals surface area contributed by atoms with Gasteiger partial charge in [-0.05, 0) is 6.07 Å². The van der Waals surface area contributed by atoms with E-state index in [-0.39, 0.29) is 0 Å². The highest BCUT2D eigenvalue weighted by Gasteiger charge is 2.00. The standard InChI is InChI=1S/C9H10N4/c10-5-8-6-11-2-1-9(8)13-4-3-12-7-13/h1-4,6-7H,5,10H2. The number of nitrogens with two attached hydrogens (primary N) is 1. The summed E-state index contributed by atoms with van der Waals surface area (Å²) in [6.07, 6.45) is 8.88. The molecule has 0 atom stereocenters. The first kappa shape index (κ1) is 7.94. The Kier molecular flexibility index (Phi) is 2.06. The van der Waals surface area contributed by atoms with E-state index in [4.69, 9.17) is 5.73 Å².